The number of hydrogen-bond acceptors (Lipinski definition) is 5. The number of nitrogens with zero attached hydrogens (tertiary/aromatic N) is 2. The lowest BCUT2D eigenvalue weighted by Gasteiger charge is -2.28. The van der Waals surface area contributed by atoms with Gasteiger partial charge in [0.25, 0.3) is 5.91 Å². The molecule has 156 valence electrons. The second kappa shape index (κ2) is 8.68. The second-order valence-corrected chi connectivity index (χ2v) is 8.72. The van der Waals surface area contributed by atoms with Gasteiger partial charge in [-0.2, -0.15) is 10.2 Å². The molecule has 0 bridgehead atoms. The molecule has 1 amide bonds. The second-order valence-electron chi connectivity index (χ2n) is 8.72. The van der Waals surface area contributed by atoms with Crippen molar-refractivity contribution in [3.8, 4) is 11.5 Å². The van der Waals surface area contributed by atoms with Crippen molar-refractivity contribution in [3.05, 3.63) is 40.7 Å². The van der Waals surface area contributed by atoms with Crippen molar-refractivity contribution in [3.63, 3.8) is 0 Å². The van der Waals surface area contributed by atoms with Crippen LogP contribution in [0.1, 0.15) is 60.9 Å². The summed E-state index contributed by atoms with van der Waals surface area (Å²) >= 11 is 0. The maximum absolute atomic E-state index is 12.6. The minimum absolute atomic E-state index is 0.276. The van der Waals surface area contributed by atoms with Crippen LogP contribution < -0.4 is 14.9 Å². The van der Waals surface area contributed by atoms with E-state index in [1.165, 1.54) is 0 Å². The van der Waals surface area contributed by atoms with Crippen LogP contribution in [0.2, 0.25) is 0 Å². The van der Waals surface area contributed by atoms with Crippen LogP contribution in [0.15, 0.2) is 23.3 Å². The zero-order valence-corrected chi connectivity index (χ0v) is 17.8. The molecule has 1 atom stereocenters. The first-order chi connectivity index (χ1) is 13.8. The molecular formula is C22H30N4O3. The van der Waals surface area contributed by atoms with Gasteiger partial charge in [0.15, 0.2) is 17.2 Å². The van der Waals surface area contributed by atoms with Crippen LogP contribution in [0, 0.1) is 11.3 Å². The average molecular weight is 399 g/mol. The molecule has 7 nitrogen and oxygen atoms in total. The SMILES string of the molecule is COc1ccc(/C=N\NC(=O)c2n[nH]c3c2C[C@H](CC(C)(C)C)CC3)cc1OC. The van der Waals surface area contributed by atoms with E-state index >= 15 is 0 Å². The fraction of sp³-hybridized carbons (Fsp3) is 0.500. The summed E-state index contributed by atoms with van der Waals surface area (Å²) in [5.41, 5.74) is 6.21. The fourth-order valence-corrected chi connectivity index (χ4v) is 3.95. The molecule has 0 spiro atoms. The van der Waals surface area contributed by atoms with Gasteiger partial charge >= 0.3 is 0 Å². The number of fused-ring (bicyclic) bond motifs is 1. The average Bonchev–Trinajstić information content (AvgIpc) is 3.09. The maximum Gasteiger partial charge on any atom is 0.292 e. The normalized spacial score (nSPS) is 16.5. The van der Waals surface area contributed by atoms with Crippen LogP contribution >= 0.6 is 0 Å². The Kier molecular flexibility index (Phi) is 6.25. The molecule has 2 N–H and O–H groups in total. The molecule has 1 aromatic heterocycles. The Morgan fingerprint density at radius 2 is 2.07 bits per heavy atom. The van der Waals surface area contributed by atoms with Crippen LogP contribution in [0.5, 0.6) is 11.5 Å². The topological polar surface area (TPSA) is 88.6 Å². The first kappa shape index (κ1) is 20.9. The number of hydrazone groups is 1. The van der Waals surface area contributed by atoms with Gasteiger partial charge in [-0.1, -0.05) is 20.8 Å². The Morgan fingerprint density at radius 3 is 2.76 bits per heavy atom. The summed E-state index contributed by atoms with van der Waals surface area (Å²) in [5.74, 6) is 1.52. The molecule has 1 heterocycles. The summed E-state index contributed by atoms with van der Waals surface area (Å²) in [6, 6.07) is 5.42. The van der Waals surface area contributed by atoms with Crippen LogP contribution in [-0.4, -0.2) is 36.5 Å². The minimum atomic E-state index is -0.296. The van der Waals surface area contributed by atoms with Gasteiger partial charge < -0.3 is 9.47 Å². The molecule has 1 aromatic carbocycles. The van der Waals surface area contributed by atoms with E-state index < -0.39 is 0 Å². The van der Waals surface area contributed by atoms with Crippen molar-refractivity contribution >= 4 is 12.1 Å². The lowest BCUT2D eigenvalue weighted by atomic mass is 9.76. The number of H-pyrrole nitrogens is 1. The quantitative estimate of drug-likeness (QED) is 0.573. The van der Waals surface area contributed by atoms with Crippen LogP contribution in [0.25, 0.3) is 0 Å². The minimum Gasteiger partial charge on any atom is -0.493 e. The number of methoxy groups -OCH3 is 2. The van der Waals surface area contributed by atoms with E-state index in [2.05, 4.69) is 41.5 Å². The number of aromatic amines is 1. The first-order valence-electron chi connectivity index (χ1n) is 9.92. The van der Waals surface area contributed by atoms with Crippen LogP contribution in [0.4, 0.5) is 0 Å². The molecule has 1 aliphatic carbocycles. The lowest BCUT2D eigenvalue weighted by molar-refractivity contribution is 0.0948. The molecule has 0 fully saturated rings. The summed E-state index contributed by atoms with van der Waals surface area (Å²) in [5, 5.41) is 11.4. The Bertz CT molecular complexity index is 896. The predicted molar refractivity (Wildman–Crippen MR) is 113 cm³/mol. The summed E-state index contributed by atoms with van der Waals surface area (Å²) in [6.07, 6.45) is 5.65. The zero-order valence-electron chi connectivity index (χ0n) is 17.8. The number of ether oxygens (including phenoxy) is 2. The molecule has 3 rings (SSSR count). The third kappa shape index (κ3) is 5.16. The van der Waals surface area contributed by atoms with Gasteiger partial charge in [-0.05, 0) is 60.8 Å². The van der Waals surface area contributed by atoms with Crippen molar-refractivity contribution < 1.29 is 14.3 Å². The van der Waals surface area contributed by atoms with Gasteiger partial charge in [0.1, 0.15) is 0 Å². The van der Waals surface area contributed by atoms with Crippen LogP contribution in [-0.2, 0) is 12.8 Å². The highest BCUT2D eigenvalue weighted by atomic mass is 16.5. The third-order valence-corrected chi connectivity index (χ3v) is 5.15. The molecule has 29 heavy (non-hydrogen) atoms. The smallest absolute Gasteiger partial charge is 0.292 e. The van der Waals surface area contributed by atoms with Gasteiger partial charge in [-0.3, -0.25) is 9.89 Å². The largest absolute Gasteiger partial charge is 0.493 e. The number of hydrogen-bond donors (Lipinski definition) is 2. The standard InChI is InChI=1S/C22H30N4O3/c1-22(2,3)12-14-6-8-17-16(10-14)20(25-24-17)21(27)26-23-13-15-7-9-18(28-4)19(11-15)29-5/h7,9,11,13-14H,6,8,10,12H2,1-5H3,(H,24,25)(H,26,27)/b23-13-/t14-/m1/s1. The highest BCUT2D eigenvalue weighted by molar-refractivity contribution is 5.94. The third-order valence-electron chi connectivity index (χ3n) is 5.15. The van der Waals surface area contributed by atoms with Crippen molar-refractivity contribution in [2.24, 2.45) is 16.4 Å². The fourth-order valence-electron chi connectivity index (χ4n) is 3.95. The number of amides is 1. The van der Waals surface area contributed by atoms with Gasteiger partial charge in [0.2, 0.25) is 0 Å². The van der Waals surface area contributed by atoms with E-state index in [1.807, 2.05) is 6.07 Å². The summed E-state index contributed by atoms with van der Waals surface area (Å²) in [4.78, 5) is 12.6. The summed E-state index contributed by atoms with van der Waals surface area (Å²) < 4.78 is 10.5. The van der Waals surface area contributed by atoms with Gasteiger partial charge in [0.05, 0.1) is 20.4 Å². The highest BCUT2D eigenvalue weighted by Crippen LogP contribution is 2.34. The molecule has 0 aliphatic heterocycles. The summed E-state index contributed by atoms with van der Waals surface area (Å²) in [6.45, 7) is 6.77. The van der Waals surface area contributed by atoms with Crippen LogP contribution in [0.3, 0.4) is 0 Å². The van der Waals surface area contributed by atoms with Gasteiger partial charge in [-0.15, -0.1) is 0 Å². The molecule has 0 saturated carbocycles. The monoisotopic (exact) mass is 398 g/mol. The van der Waals surface area contributed by atoms with Gasteiger partial charge in [-0.25, -0.2) is 5.43 Å². The molecule has 2 aromatic rings. The summed E-state index contributed by atoms with van der Waals surface area (Å²) in [7, 11) is 3.16. The van der Waals surface area contributed by atoms with Crippen molar-refractivity contribution in [2.75, 3.05) is 14.2 Å². The number of aromatic nitrogens is 2. The number of rotatable bonds is 6. The van der Waals surface area contributed by atoms with E-state index in [4.69, 9.17) is 9.47 Å². The Balaban J connectivity index is 1.67. The molecule has 0 saturated heterocycles. The van der Waals surface area contributed by atoms with Gasteiger partial charge in [0, 0.05) is 11.3 Å². The van der Waals surface area contributed by atoms with E-state index in [-0.39, 0.29) is 11.3 Å². The van der Waals surface area contributed by atoms with E-state index in [9.17, 15) is 4.79 Å². The first-order valence-corrected chi connectivity index (χ1v) is 9.92. The Labute approximate surface area is 171 Å². The number of aryl methyl sites for hydroxylation is 1. The van der Waals surface area contributed by atoms with E-state index in [0.717, 1.165) is 42.5 Å². The van der Waals surface area contributed by atoms with Crippen molar-refractivity contribution in [1.82, 2.24) is 15.6 Å². The molecule has 0 unspecified atom stereocenters. The maximum atomic E-state index is 12.6. The zero-order chi connectivity index (χ0) is 21.0. The molecule has 7 heteroatoms. The number of carbonyl (C=O) groups is 1. The molecule has 0 radical (unpaired) electrons. The van der Waals surface area contributed by atoms with Crippen molar-refractivity contribution in [1.29, 1.82) is 0 Å². The molecular weight excluding hydrogens is 368 g/mol. The number of carbonyl (C=O) groups excluding carboxylic acids is 1. The lowest BCUT2D eigenvalue weighted by Crippen LogP contribution is -2.24. The molecule has 1 aliphatic rings. The van der Waals surface area contributed by atoms with Crippen molar-refractivity contribution in [2.45, 2.75) is 46.5 Å². The predicted octanol–water partition coefficient (Wildman–Crippen LogP) is 3.73. The Morgan fingerprint density at radius 1 is 1.31 bits per heavy atom. The highest BCUT2D eigenvalue weighted by Gasteiger charge is 2.29. The van der Waals surface area contributed by atoms with E-state index in [0.29, 0.717) is 23.1 Å². The number of nitrogens with one attached hydrogen (secondary N) is 2. The Hall–Kier alpha value is -2.83. The van der Waals surface area contributed by atoms with E-state index in [1.54, 1.807) is 32.6 Å². The number of benzene rings is 1.